The van der Waals surface area contributed by atoms with Crippen LogP contribution in [0.1, 0.15) is 18.0 Å². The van der Waals surface area contributed by atoms with Gasteiger partial charge in [-0.1, -0.05) is 0 Å². The standard InChI is InChI=1S/C13H15FN2O3S/c1-8(15-13(17)19-6-5-18-2)12-16-10-4-3-9(14)7-11(10)20-12/h3-4,7-8H,5-6H2,1-2H3,(H,15,17). The lowest BCUT2D eigenvalue weighted by molar-refractivity contribution is 0.0968. The van der Waals surface area contributed by atoms with Crippen LogP contribution in [0.5, 0.6) is 0 Å². The van der Waals surface area contributed by atoms with Crippen LogP contribution in [0.4, 0.5) is 9.18 Å². The van der Waals surface area contributed by atoms with Gasteiger partial charge in [0.1, 0.15) is 17.4 Å². The number of alkyl carbamates (subject to hydrolysis) is 1. The average Bonchev–Trinajstić information content (AvgIpc) is 2.82. The van der Waals surface area contributed by atoms with Crippen LogP contribution in [0.2, 0.25) is 0 Å². The summed E-state index contributed by atoms with van der Waals surface area (Å²) < 4.78 is 23.6. The molecule has 0 aliphatic rings. The monoisotopic (exact) mass is 298 g/mol. The number of carbonyl (C=O) groups excluding carboxylic acids is 1. The summed E-state index contributed by atoms with van der Waals surface area (Å²) in [4.78, 5) is 15.9. The largest absolute Gasteiger partial charge is 0.447 e. The highest BCUT2D eigenvalue weighted by Crippen LogP contribution is 2.26. The fourth-order valence-corrected chi connectivity index (χ4v) is 2.59. The smallest absolute Gasteiger partial charge is 0.407 e. The Labute approximate surface area is 119 Å². The molecule has 7 heteroatoms. The Balaban J connectivity index is 2.00. The van der Waals surface area contributed by atoms with Crippen molar-refractivity contribution in [3.8, 4) is 0 Å². The molecule has 1 unspecified atom stereocenters. The number of ether oxygens (including phenoxy) is 2. The van der Waals surface area contributed by atoms with Gasteiger partial charge < -0.3 is 14.8 Å². The van der Waals surface area contributed by atoms with Crippen LogP contribution < -0.4 is 5.32 Å². The molecule has 0 bridgehead atoms. The maximum absolute atomic E-state index is 13.1. The molecule has 0 aliphatic carbocycles. The molecule has 1 atom stereocenters. The normalized spacial score (nSPS) is 12.3. The molecule has 1 aromatic heterocycles. The van der Waals surface area contributed by atoms with E-state index in [-0.39, 0.29) is 18.5 Å². The molecule has 1 N–H and O–H groups in total. The first-order valence-electron chi connectivity index (χ1n) is 6.08. The lowest BCUT2D eigenvalue weighted by Gasteiger charge is -2.11. The maximum Gasteiger partial charge on any atom is 0.407 e. The van der Waals surface area contributed by atoms with Crippen molar-refractivity contribution in [3.63, 3.8) is 0 Å². The van der Waals surface area contributed by atoms with E-state index >= 15 is 0 Å². The van der Waals surface area contributed by atoms with E-state index in [1.165, 1.54) is 30.6 Å². The first-order valence-corrected chi connectivity index (χ1v) is 6.90. The topological polar surface area (TPSA) is 60.5 Å². The van der Waals surface area contributed by atoms with Gasteiger partial charge in [-0.3, -0.25) is 0 Å². The van der Waals surface area contributed by atoms with Crippen molar-refractivity contribution in [1.82, 2.24) is 10.3 Å². The summed E-state index contributed by atoms with van der Waals surface area (Å²) in [5.74, 6) is -0.299. The van der Waals surface area contributed by atoms with Crippen LogP contribution in [0, 0.1) is 5.82 Å². The van der Waals surface area contributed by atoms with Gasteiger partial charge in [0.15, 0.2) is 0 Å². The summed E-state index contributed by atoms with van der Waals surface area (Å²) in [5, 5.41) is 3.37. The number of thiazole rings is 1. The third-order valence-corrected chi connectivity index (χ3v) is 3.79. The van der Waals surface area contributed by atoms with Gasteiger partial charge in [-0.15, -0.1) is 11.3 Å². The van der Waals surface area contributed by atoms with E-state index in [0.717, 1.165) is 4.70 Å². The molecule has 2 rings (SSSR count). The Morgan fingerprint density at radius 1 is 1.50 bits per heavy atom. The van der Waals surface area contributed by atoms with Crippen LogP contribution in [-0.4, -0.2) is 31.4 Å². The van der Waals surface area contributed by atoms with E-state index in [1.807, 2.05) is 0 Å². The van der Waals surface area contributed by atoms with Crippen molar-refractivity contribution >= 4 is 27.6 Å². The molecule has 20 heavy (non-hydrogen) atoms. The summed E-state index contributed by atoms with van der Waals surface area (Å²) in [5.41, 5.74) is 0.716. The van der Waals surface area contributed by atoms with Crippen molar-refractivity contribution in [2.24, 2.45) is 0 Å². The van der Waals surface area contributed by atoms with Crippen molar-refractivity contribution in [2.75, 3.05) is 20.3 Å². The summed E-state index contributed by atoms with van der Waals surface area (Å²) >= 11 is 1.34. The molecule has 0 saturated heterocycles. The van der Waals surface area contributed by atoms with Crippen molar-refractivity contribution in [2.45, 2.75) is 13.0 Å². The van der Waals surface area contributed by atoms with Crippen LogP contribution >= 0.6 is 11.3 Å². The molecule has 1 aromatic carbocycles. The zero-order chi connectivity index (χ0) is 14.5. The molecule has 0 radical (unpaired) electrons. The Hall–Kier alpha value is -1.73. The van der Waals surface area contributed by atoms with Crippen LogP contribution in [0.3, 0.4) is 0 Å². The summed E-state index contributed by atoms with van der Waals surface area (Å²) in [6, 6.07) is 4.11. The van der Waals surface area contributed by atoms with Crippen molar-refractivity contribution in [3.05, 3.63) is 29.0 Å². The predicted octanol–water partition coefficient (Wildman–Crippen LogP) is 2.87. The minimum absolute atomic E-state index is 0.195. The number of amides is 1. The Kier molecular flexibility index (Phi) is 4.86. The predicted molar refractivity (Wildman–Crippen MR) is 74.4 cm³/mol. The third kappa shape index (κ3) is 3.64. The number of benzene rings is 1. The van der Waals surface area contributed by atoms with Gasteiger partial charge in [0.2, 0.25) is 0 Å². The van der Waals surface area contributed by atoms with Gasteiger partial charge in [-0.2, -0.15) is 0 Å². The van der Waals surface area contributed by atoms with Crippen LogP contribution in [0.15, 0.2) is 18.2 Å². The van der Waals surface area contributed by atoms with Gasteiger partial charge in [0, 0.05) is 7.11 Å². The Morgan fingerprint density at radius 2 is 2.30 bits per heavy atom. The minimum atomic E-state index is -0.528. The van der Waals surface area contributed by atoms with E-state index in [4.69, 9.17) is 9.47 Å². The molecular formula is C13H15FN2O3S. The van der Waals surface area contributed by atoms with Gasteiger partial charge >= 0.3 is 6.09 Å². The highest BCUT2D eigenvalue weighted by molar-refractivity contribution is 7.18. The van der Waals surface area contributed by atoms with Gasteiger partial charge in [0.25, 0.3) is 0 Å². The van der Waals surface area contributed by atoms with Crippen molar-refractivity contribution < 1.29 is 18.7 Å². The summed E-state index contributed by atoms with van der Waals surface area (Å²) in [6.45, 7) is 2.34. The maximum atomic E-state index is 13.1. The van der Waals surface area contributed by atoms with E-state index in [9.17, 15) is 9.18 Å². The first-order chi connectivity index (χ1) is 9.60. The highest BCUT2D eigenvalue weighted by Gasteiger charge is 2.15. The van der Waals surface area contributed by atoms with Gasteiger partial charge in [-0.05, 0) is 25.1 Å². The van der Waals surface area contributed by atoms with Gasteiger partial charge in [-0.25, -0.2) is 14.2 Å². The van der Waals surface area contributed by atoms with Crippen molar-refractivity contribution in [1.29, 1.82) is 0 Å². The fraction of sp³-hybridized carbons (Fsp3) is 0.385. The molecule has 0 aliphatic heterocycles. The lowest BCUT2D eigenvalue weighted by Crippen LogP contribution is -2.28. The highest BCUT2D eigenvalue weighted by atomic mass is 32.1. The zero-order valence-corrected chi connectivity index (χ0v) is 12.0. The molecule has 2 aromatic rings. The molecule has 5 nitrogen and oxygen atoms in total. The lowest BCUT2D eigenvalue weighted by atomic mass is 10.3. The number of nitrogens with zero attached hydrogens (tertiary/aromatic N) is 1. The SMILES string of the molecule is COCCOC(=O)NC(C)c1nc2ccc(F)cc2s1. The Morgan fingerprint density at radius 3 is 3.05 bits per heavy atom. The van der Waals surface area contributed by atoms with E-state index in [1.54, 1.807) is 13.0 Å². The fourth-order valence-electron chi connectivity index (χ4n) is 1.60. The summed E-state index contributed by atoms with van der Waals surface area (Å²) in [7, 11) is 1.53. The molecule has 0 spiro atoms. The van der Waals surface area contributed by atoms with Crippen LogP contribution in [-0.2, 0) is 9.47 Å². The second-order valence-corrected chi connectivity index (χ2v) is 5.22. The Bertz CT molecular complexity index is 602. The molecule has 108 valence electrons. The first kappa shape index (κ1) is 14.7. The number of carbonyl (C=O) groups is 1. The molecule has 0 fully saturated rings. The average molecular weight is 298 g/mol. The number of rotatable bonds is 5. The third-order valence-electron chi connectivity index (χ3n) is 2.59. The quantitative estimate of drug-likeness (QED) is 0.862. The second-order valence-electron chi connectivity index (χ2n) is 4.16. The molecule has 1 amide bonds. The zero-order valence-electron chi connectivity index (χ0n) is 11.2. The number of fused-ring (bicyclic) bond motifs is 1. The molecule has 1 heterocycles. The number of halogens is 1. The number of hydrogen-bond acceptors (Lipinski definition) is 5. The van der Waals surface area contributed by atoms with E-state index in [2.05, 4.69) is 10.3 Å². The van der Waals surface area contributed by atoms with E-state index < -0.39 is 6.09 Å². The van der Waals surface area contributed by atoms with Gasteiger partial charge in [0.05, 0.1) is 22.9 Å². The number of aromatic nitrogens is 1. The number of nitrogens with one attached hydrogen (secondary N) is 1. The summed E-state index contributed by atoms with van der Waals surface area (Å²) in [6.07, 6.45) is -0.528. The minimum Gasteiger partial charge on any atom is -0.447 e. The molecular weight excluding hydrogens is 283 g/mol. The van der Waals surface area contributed by atoms with E-state index in [0.29, 0.717) is 17.1 Å². The second kappa shape index (κ2) is 6.62. The molecule has 0 saturated carbocycles. The number of hydrogen-bond donors (Lipinski definition) is 1. The number of methoxy groups -OCH3 is 1. The van der Waals surface area contributed by atoms with Crippen LogP contribution in [0.25, 0.3) is 10.2 Å².